The molecule has 1 aromatic rings. The van der Waals surface area contributed by atoms with Gasteiger partial charge in [0.1, 0.15) is 0 Å². The van der Waals surface area contributed by atoms with Crippen molar-refractivity contribution in [1.29, 1.82) is 0 Å². The van der Waals surface area contributed by atoms with Gasteiger partial charge in [0.15, 0.2) is 0 Å². The van der Waals surface area contributed by atoms with Gasteiger partial charge in [0, 0.05) is 6.54 Å². The zero-order valence-corrected chi connectivity index (χ0v) is 13.5. The lowest BCUT2D eigenvalue weighted by atomic mass is 10.1. The molecule has 0 atom stereocenters. The first-order valence-corrected chi connectivity index (χ1v) is 9.17. The molecular weight excluding hydrogens is 270 g/mol. The van der Waals surface area contributed by atoms with Crippen molar-refractivity contribution in [3.63, 3.8) is 0 Å². The molecule has 0 radical (unpaired) electrons. The summed E-state index contributed by atoms with van der Waals surface area (Å²) in [5.41, 5.74) is 1.15. The Bertz CT molecular complexity index is 466. The molecule has 20 heavy (non-hydrogen) atoms. The van der Waals surface area contributed by atoms with E-state index in [0.29, 0.717) is 11.4 Å². The second kappa shape index (κ2) is 9.14. The summed E-state index contributed by atoms with van der Waals surface area (Å²) in [6.07, 6.45) is 7.89. The SMILES string of the molecule is CCCCCCCCNS(=O)(=O)c1ccc(CC)cc1. The summed E-state index contributed by atoms with van der Waals surface area (Å²) in [6.45, 7) is 4.78. The fraction of sp³-hybridized carbons (Fsp3) is 0.625. The van der Waals surface area contributed by atoms with Crippen molar-refractivity contribution in [2.75, 3.05) is 6.54 Å². The molecule has 0 spiro atoms. The Morgan fingerprint density at radius 1 is 0.900 bits per heavy atom. The van der Waals surface area contributed by atoms with Crippen molar-refractivity contribution in [1.82, 2.24) is 4.72 Å². The molecule has 3 nitrogen and oxygen atoms in total. The highest BCUT2D eigenvalue weighted by molar-refractivity contribution is 7.89. The fourth-order valence-electron chi connectivity index (χ4n) is 2.10. The topological polar surface area (TPSA) is 46.2 Å². The van der Waals surface area contributed by atoms with Crippen LogP contribution in [0.3, 0.4) is 0 Å². The van der Waals surface area contributed by atoms with E-state index in [1.165, 1.54) is 25.7 Å². The molecule has 0 heterocycles. The minimum Gasteiger partial charge on any atom is -0.211 e. The first-order valence-electron chi connectivity index (χ1n) is 7.68. The summed E-state index contributed by atoms with van der Waals surface area (Å²) >= 11 is 0. The Labute approximate surface area is 123 Å². The smallest absolute Gasteiger partial charge is 0.211 e. The standard InChI is InChI=1S/C16H27NO2S/c1-3-5-6-7-8-9-14-17-20(18,19)16-12-10-15(4-2)11-13-16/h10-13,17H,3-9,14H2,1-2H3. The third-order valence-corrected chi connectivity index (χ3v) is 4.94. The van der Waals surface area contributed by atoms with Crippen LogP contribution in [0.4, 0.5) is 0 Å². The van der Waals surface area contributed by atoms with Gasteiger partial charge in [-0.1, -0.05) is 58.1 Å². The van der Waals surface area contributed by atoms with Crippen LogP contribution in [0.5, 0.6) is 0 Å². The minimum absolute atomic E-state index is 0.362. The maximum Gasteiger partial charge on any atom is 0.240 e. The predicted octanol–water partition coefficient (Wildman–Crippen LogP) is 3.89. The zero-order chi connectivity index (χ0) is 14.8. The van der Waals surface area contributed by atoms with Crippen molar-refractivity contribution < 1.29 is 8.42 Å². The molecule has 114 valence electrons. The molecule has 1 rings (SSSR count). The second-order valence-corrected chi connectivity index (χ2v) is 6.93. The number of unbranched alkanes of at least 4 members (excludes halogenated alkanes) is 5. The predicted molar refractivity (Wildman–Crippen MR) is 84.4 cm³/mol. The third-order valence-electron chi connectivity index (χ3n) is 3.46. The molecule has 0 aromatic heterocycles. The van der Waals surface area contributed by atoms with Crippen LogP contribution in [0, 0.1) is 0 Å². The Hall–Kier alpha value is -0.870. The summed E-state index contributed by atoms with van der Waals surface area (Å²) in [4.78, 5) is 0.362. The number of benzene rings is 1. The maximum absolute atomic E-state index is 12.1. The van der Waals surface area contributed by atoms with Gasteiger partial charge in [-0.2, -0.15) is 0 Å². The van der Waals surface area contributed by atoms with E-state index in [1.54, 1.807) is 12.1 Å². The molecule has 0 saturated heterocycles. The summed E-state index contributed by atoms with van der Waals surface area (Å²) in [7, 11) is -3.33. The Morgan fingerprint density at radius 3 is 2.10 bits per heavy atom. The highest BCUT2D eigenvalue weighted by atomic mass is 32.2. The second-order valence-electron chi connectivity index (χ2n) is 5.16. The molecular formula is C16H27NO2S. The van der Waals surface area contributed by atoms with Gasteiger partial charge in [0.25, 0.3) is 0 Å². The van der Waals surface area contributed by atoms with Crippen molar-refractivity contribution >= 4 is 10.0 Å². The average Bonchev–Trinajstić information content (AvgIpc) is 2.46. The van der Waals surface area contributed by atoms with Crippen LogP contribution in [0.25, 0.3) is 0 Å². The molecule has 0 aliphatic heterocycles. The van der Waals surface area contributed by atoms with Crippen LogP contribution >= 0.6 is 0 Å². The van der Waals surface area contributed by atoms with Gasteiger partial charge in [-0.3, -0.25) is 0 Å². The zero-order valence-electron chi connectivity index (χ0n) is 12.7. The van der Waals surface area contributed by atoms with Gasteiger partial charge in [0.05, 0.1) is 4.90 Å². The first kappa shape index (κ1) is 17.2. The highest BCUT2D eigenvalue weighted by Gasteiger charge is 2.12. The summed E-state index contributed by atoms with van der Waals surface area (Å²) < 4.78 is 26.8. The van der Waals surface area contributed by atoms with E-state index < -0.39 is 10.0 Å². The number of hydrogen-bond acceptors (Lipinski definition) is 2. The van der Waals surface area contributed by atoms with Gasteiger partial charge in [-0.05, 0) is 30.5 Å². The molecule has 0 bridgehead atoms. The van der Waals surface area contributed by atoms with Crippen LogP contribution < -0.4 is 4.72 Å². The number of nitrogens with one attached hydrogen (secondary N) is 1. The number of aryl methyl sites for hydroxylation is 1. The van der Waals surface area contributed by atoms with Crippen LogP contribution in [-0.4, -0.2) is 15.0 Å². The van der Waals surface area contributed by atoms with Gasteiger partial charge in [0.2, 0.25) is 10.0 Å². The van der Waals surface area contributed by atoms with Crippen LogP contribution in [0.2, 0.25) is 0 Å². The van der Waals surface area contributed by atoms with Crippen molar-refractivity contribution in [3.8, 4) is 0 Å². The Kier molecular flexibility index (Phi) is 7.85. The molecule has 0 amide bonds. The highest BCUT2D eigenvalue weighted by Crippen LogP contribution is 2.11. The fourth-order valence-corrected chi connectivity index (χ4v) is 3.17. The molecule has 1 aromatic carbocycles. The summed E-state index contributed by atoms with van der Waals surface area (Å²) in [6, 6.07) is 7.11. The molecule has 0 aliphatic carbocycles. The van der Waals surface area contributed by atoms with E-state index in [4.69, 9.17) is 0 Å². The average molecular weight is 297 g/mol. The Balaban J connectivity index is 2.33. The molecule has 0 unspecified atom stereocenters. The van der Waals surface area contributed by atoms with Crippen LogP contribution in [-0.2, 0) is 16.4 Å². The van der Waals surface area contributed by atoms with E-state index in [0.717, 1.165) is 24.8 Å². The lowest BCUT2D eigenvalue weighted by molar-refractivity contribution is 0.567. The van der Waals surface area contributed by atoms with Gasteiger partial charge in [-0.15, -0.1) is 0 Å². The molecule has 1 N–H and O–H groups in total. The molecule has 0 saturated carbocycles. The van der Waals surface area contributed by atoms with Gasteiger partial charge < -0.3 is 0 Å². The van der Waals surface area contributed by atoms with E-state index in [9.17, 15) is 8.42 Å². The number of sulfonamides is 1. The maximum atomic E-state index is 12.1. The van der Waals surface area contributed by atoms with Gasteiger partial charge >= 0.3 is 0 Å². The largest absolute Gasteiger partial charge is 0.240 e. The van der Waals surface area contributed by atoms with E-state index in [2.05, 4.69) is 18.6 Å². The summed E-state index contributed by atoms with van der Waals surface area (Å²) in [5.74, 6) is 0. The van der Waals surface area contributed by atoms with E-state index in [1.807, 2.05) is 12.1 Å². The quantitative estimate of drug-likeness (QED) is 0.666. The first-order chi connectivity index (χ1) is 9.60. The van der Waals surface area contributed by atoms with E-state index >= 15 is 0 Å². The monoisotopic (exact) mass is 297 g/mol. The third kappa shape index (κ3) is 6.06. The lowest BCUT2D eigenvalue weighted by Crippen LogP contribution is -2.24. The molecule has 0 fully saturated rings. The van der Waals surface area contributed by atoms with Crippen molar-refractivity contribution in [3.05, 3.63) is 29.8 Å². The van der Waals surface area contributed by atoms with E-state index in [-0.39, 0.29) is 0 Å². The van der Waals surface area contributed by atoms with Gasteiger partial charge in [-0.25, -0.2) is 13.1 Å². The van der Waals surface area contributed by atoms with Crippen molar-refractivity contribution in [2.45, 2.75) is 63.7 Å². The Morgan fingerprint density at radius 2 is 1.50 bits per heavy atom. The number of rotatable bonds is 10. The molecule has 4 heteroatoms. The number of hydrogen-bond donors (Lipinski definition) is 1. The van der Waals surface area contributed by atoms with Crippen molar-refractivity contribution in [2.24, 2.45) is 0 Å². The molecule has 0 aliphatic rings. The minimum atomic E-state index is -3.33. The normalized spacial score (nSPS) is 11.7. The summed E-state index contributed by atoms with van der Waals surface area (Å²) in [5, 5.41) is 0. The van der Waals surface area contributed by atoms with Crippen LogP contribution in [0.15, 0.2) is 29.2 Å². The van der Waals surface area contributed by atoms with Crippen LogP contribution in [0.1, 0.15) is 57.9 Å². The lowest BCUT2D eigenvalue weighted by Gasteiger charge is -2.07.